The van der Waals surface area contributed by atoms with Crippen molar-refractivity contribution in [2.45, 2.75) is 25.4 Å². The van der Waals surface area contributed by atoms with Gasteiger partial charge in [0.05, 0.1) is 6.54 Å². The molecular weight excluding hydrogens is 269 g/mol. The molecule has 2 atom stereocenters. The van der Waals surface area contributed by atoms with Crippen LogP contribution in [0.4, 0.5) is 4.39 Å². The first-order valence-corrected chi connectivity index (χ1v) is 7.68. The van der Waals surface area contributed by atoms with Crippen LogP contribution in [0.15, 0.2) is 24.3 Å². The molecule has 2 N–H and O–H groups in total. The summed E-state index contributed by atoms with van der Waals surface area (Å²) in [4.78, 5) is 14.2. The summed E-state index contributed by atoms with van der Waals surface area (Å²) in [7, 11) is 0. The number of benzene rings is 1. The average molecular weight is 291 g/mol. The minimum absolute atomic E-state index is 0.0253. The summed E-state index contributed by atoms with van der Waals surface area (Å²) in [6, 6.07) is 7.19. The van der Waals surface area contributed by atoms with Crippen LogP contribution in [-0.2, 0) is 11.3 Å². The standard InChI is InChI=1S/C16H22FN3O/c17-14-4-2-1-3-12(14)9-19-16(21)11-20-8-6-15-13(10-20)5-7-18-15/h1-4,13,15,18H,5-11H2,(H,19,21). The Kier molecular flexibility index (Phi) is 4.51. The summed E-state index contributed by atoms with van der Waals surface area (Å²) in [5, 5.41) is 6.33. The molecule has 2 heterocycles. The van der Waals surface area contributed by atoms with E-state index in [0.717, 1.165) is 26.1 Å². The molecule has 0 spiro atoms. The van der Waals surface area contributed by atoms with Crippen molar-refractivity contribution in [3.63, 3.8) is 0 Å². The first-order chi connectivity index (χ1) is 10.2. The van der Waals surface area contributed by atoms with Gasteiger partial charge in [0.2, 0.25) is 5.91 Å². The molecule has 0 bridgehead atoms. The van der Waals surface area contributed by atoms with Gasteiger partial charge in [0.1, 0.15) is 5.82 Å². The number of halogens is 1. The van der Waals surface area contributed by atoms with Gasteiger partial charge in [0.15, 0.2) is 0 Å². The minimum Gasteiger partial charge on any atom is -0.351 e. The van der Waals surface area contributed by atoms with E-state index in [1.54, 1.807) is 18.2 Å². The van der Waals surface area contributed by atoms with E-state index < -0.39 is 0 Å². The van der Waals surface area contributed by atoms with Crippen molar-refractivity contribution >= 4 is 5.91 Å². The monoisotopic (exact) mass is 291 g/mol. The Morgan fingerprint density at radius 3 is 3.10 bits per heavy atom. The Morgan fingerprint density at radius 2 is 2.24 bits per heavy atom. The Balaban J connectivity index is 1.45. The summed E-state index contributed by atoms with van der Waals surface area (Å²) < 4.78 is 13.5. The van der Waals surface area contributed by atoms with Crippen LogP contribution in [0.3, 0.4) is 0 Å². The van der Waals surface area contributed by atoms with Crippen LogP contribution in [0.25, 0.3) is 0 Å². The van der Waals surface area contributed by atoms with E-state index in [1.807, 2.05) is 0 Å². The second-order valence-electron chi connectivity index (χ2n) is 6.00. The van der Waals surface area contributed by atoms with Gasteiger partial charge >= 0.3 is 0 Å². The summed E-state index contributed by atoms with van der Waals surface area (Å²) in [5.41, 5.74) is 0.532. The molecule has 0 radical (unpaired) electrons. The predicted octanol–water partition coefficient (Wildman–Crippen LogP) is 1.13. The maximum Gasteiger partial charge on any atom is 0.234 e. The second-order valence-corrected chi connectivity index (χ2v) is 6.00. The van der Waals surface area contributed by atoms with Crippen LogP contribution in [0.5, 0.6) is 0 Å². The number of carbonyl (C=O) groups excluding carboxylic acids is 1. The Labute approximate surface area is 124 Å². The number of hydrogen-bond donors (Lipinski definition) is 2. The van der Waals surface area contributed by atoms with Crippen molar-refractivity contribution in [1.29, 1.82) is 0 Å². The number of amides is 1. The number of fused-ring (bicyclic) bond motifs is 1. The third kappa shape index (κ3) is 3.60. The lowest BCUT2D eigenvalue weighted by Crippen LogP contribution is -2.47. The highest BCUT2D eigenvalue weighted by atomic mass is 19.1. The third-order valence-electron chi connectivity index (χ3n) is 4.54. The molecule has 21 heavy (non-hydrogen) atoms. The molecule has 5 heteroatoms. The van der Waals surface area contributed by atoms with Crippen LogP contribution < -0.4 is 10.6 Å². The number of likely N-dealkylation sites (tertiary alicyclic amines) is 1. The third-order valence-corrected chi connectivity index (χ3v) is 4.54. The quantitative estimate of drug-likeness (QED) is 0.874. The normalized spacial score (nSPS) is 25.6. The number of hydrogen-bond acceptors (Lipinski definition) is 3. The van der Waals surface area contributed by atoms with Gasteiger partial charge < -0.3 is 10.6 Å². The lowest BCUT2D eigenvalue weighted by Gasteiger charge is -2.34. The number of nitrogens with zero attached hydrogens (tertiary/aromatic N) is 1. The van der Waals surface area contributed by atoms with Crippen LogP contribution >= 0.6 is 0 Å². The average Bonchev–Trinajstić information content (AvgIpc) is 2.94. The Bertz CT molecular complexity index is 508. The van der Waals surface area contributed by atoms with Crippen molar-refractivity contribution in [2.75, 3.05) is 26.2 Å². The number of piperidine rings is 1. The molecule has 3 rings (SSSR count). The smallest absolute Gasteiger partial charge is 0.234 e. The molecule has 2 unspecified atom stereocenters. The Hall–Kier alpha value is -1.46. The van der Waals surface area contributed by atoms with Crippen molar-refractivity contribution in [1.82, 2.24) is 15.5 Å². The lowest BCUT2D eigenvalue weighted by molar-refractivity contribution is -0.122. The molecule has 0 saturated carbocycles. The highest BCUT2D eigenvalue weighted by Crippen LogP contribution is 2.24. The van der Waals surface area contributed by atoms with E-state index in [1.165, 1.54) is 12.5 Å². The molecule has 1 amide bonds. The zero-order valence-corrected chi connectivity index (χ0v) is 12.1. The maximum atomic E-state index is 13.5. The van der Waals surface area contributed by atoms with Gasteiger partial charge in [-0.1, -0.05) is 18.2 Å². The molecule has 2 aliphatic rings. The number of carbonyl (C=O) groups is 1. The van der Waals surface area contributed by atoms with E-state index >= 15 is 0 Å². The fourth-order valence-corrected chi connectivity index (χ4v) is 3.36. The lowest BCUT2D eigenvalue weighted by atomic mass is 9.93. The molecule has 114 valence electrons. The second kappa shape index (κ2) is 6.54. The molecule has 1 aromatic rings. The van der Waals surface area contributed by atoms with Gasteiger partial charge in [-0.15, -0.1) is 0 Å². The zero-order chi connectivity index (χ0) is 14.7. The van der Waals surface area contributed by atoms with Crippen molar-refractivity contribution in [2.24, 2.45) is 5.92 Å². The topological polar surface area (TPSA) is 44.4 Å². The first-order valence-electron chi connectivity index (χ1n) is 7.68. The highest BCUT2D eigenvalue weighted by Gasteiger charge is 2.32. The molecule has 1 aromatic carbocycles. The van der Waals surface area contributed by atoms with Gasteiger partial charge in [-0.25, -0.2) is 4.39 Å². The van der Waals surface area contributed by atoms with E-state index in [9.17, 15) is 9.18 Å². The molecule has 0 aliphatic carbocycles. The van der Waals surface area contributed by atoms with Crippen molar-refractivity contribution in [3.05, 3.63) is 35.6 Å². The molecule has 2 fully saturated rings. The molecular formula is C16H22FN3O. The summed E-state index contributed by atoms with van der Waals surface area (Å²) in [6.45, 7) is 3.72. The number of nitrogens with one attached hydrogen (secondary N) is 2. The fourth-order valence-electron chi connectivity index (χ4n) is 3.36. The fraction of sp³-hybridized carbons (Fsp3) is 0.562. The molecule has 0 aromatic heterocycles. The van der Waals surface area contributed by atoms with Crippen LogP contribution in [0.1, 0.15) is 18.4 Å². The Morgan fingerprint density at radius 1 is 1.38 bits per heavy atom. The molecule has 4 nitrogen and oxygen atoms in total. The summed E-state index contributed by atoms with van der Waals surface area (Å²) in [6.07, 6.45) is 2.32. The predicted molar refractivity (Wildman–Crippen MR) is 79.2 cm³/mol. The van der Waals surface area contributed by atoms with E-state index in [2.05, 4.69) is 15.5 Å². The van der Waals surface area contributed by atoms with Crippen molar-refractivity contribution < 1.29 is 9.18 Å². The molecule has 2 aliphatic heterocycles. The van der Waals surface area contributed by atoms with Gasteiger partial charge in [0.25, 0.3) is 0 Å². The molecule has 2 saturated heterocycles. The van der Waals surface area contributed by atoms with Crippen molar-refractivity contribution in [3.8, 4) is 0 Å². The van der Waals surface area contributed by atoms with E-state index in [4.69, 9.17) is 0 Å². The van der Waals surface area contributed by atoms with Gasteiger partial charge in [-0.3, -0.25) is 9.69 Å². The van der Waals surface area contributed by atoms with Crippen LogP contribution in [0, 0.1) is 11.7 Å². The highest BCUT2D eigenvalue weighted by molar-refractivity contribution is 5.78. The maximum absolute atomic E-state index is 13.5. The van der Waals surface area contributed by atoms with Gasteiger partial charge in [-0.05, 0) is 31.4 Å². The zero-order valence-electron chi connectivity index (χ0n) is 12.1. The van der Waals surface area contributed by atoms with Gasteiger partial charge in [-0.2, -0.15) is 0 Å². The first kappa shape index (κ1) is 14.5. The van der Waals surface area contributed by atoms with Gasteiger partial charge in [0, 0.05) is 31.2 Å². The number of rotatable bonds is 4. The van der Waals surface area contributed by atoms with E-state index in [-0.39, 0.29) is 18.3 Å². The SMILES string of the molecule is O=C(CN1CCC2NCCC2C1)NCc1ccccc1F. The largest absolute Gasteiger partial charge is 0.351 e. The summed E-state index contributed by atoms with van der Waals surface area (Å²) >= 11 is 0. The summed E-state index contributed by atoms with van der Waals surface area (Å²) in [5.74, 6) is 0.386. The van der Waals surface area contributed by atoms with Crippen LogP contribution in [0.2, 0.25) is 0 Å². The van der Waals surface area contributed by atoms with Crippen LogP contribution in [-0.4, -0.2) is 43.0 Å². The van der Waals surface area contributed by atoms with E-state index in [0.29, 0.717) is 24.1 Å². The minimum atomic E-state index is -0.268.